The van der Waals surface area contributed by atoms with E-state index in [1.165, 1.54) is 33.9 Å². The van der Waals surface area contributed by atoms with Crippen molar-refractivity contribution in [1.29, 1.82) is 0 Å². The monoisotopic (exact) mass is 1020 g/mol. The van der Waals surface area contributed by atoms with Gasteiger partial charge in [-0.3, -0.25) is 39.1 Å². The molecule has 5 heterocycles. The number of nitrogens with one attached hydrogen (secondary N) is 2. The summed E-state index contributed by atoms with van der Waals surface area (Å²) in [4.78, 5) is 98.2. The zero-order valence-corrected chi connectivity index (χ0v) is 43.1. The van der Waals surface area contributed by atoms with E-state index in [1.807, 2.05) is 54.6 Å². The molecule has 4 aromatic rings. The minimum absolute atomic E-state index is 0.0372. The third-order valence-electron chi connectivity index (χ3n) is 11.9. The van der Waals surface area contributed by atoms with Crippen molar-refractivity contribution in [3.05, 3.63) is 100 Å². The fraction of sp³-hybridized carbons (Fsp3) is 0.490. The summed E-state index contributed by atoms with van der Waals surface area (Å²) in [7, 11) is -0.136. The number of fused-ring (bicyclic) bond motifs is 1. The van der Waals surface area contributed by atoms with E-state index in [0.717, 1.165) is 79.8 Å². The molecule has 20 heteroatoms. The molecular formula is C51H68F2N7O9PS. The summed E-state index contributed by atoms with van der Waals surface area (Å²) in [6.07, 6.45) is 4.66. The van der Waals surface area contributed by atoms with E-state index in [1.54, 1.807) is 23.9 Å². The molecule has 71 heavy (non-hydrogen) atoms. The maximum absolute atomic E-state index is 13.7. The zero-order chi connectivity index (χ0) is 51.8. The van der Waals surface area contributed by atoms with E-state index < -0.39 is 37.5 Å². The van der Waals surface area contributed by atoms with Crippen molar-refractivity contribution in [3.63, 3.8) is 0 Å². The van der Waals surface area contributed by atoms with Crippen molar-refractivity contribution >= 4 is 71.6 Å². The molecule has 3 aromatic carbocycles. The van der Waals surface area contributed by atoms with Crippen LogP contribution in [0.3, 0.4) is 0 Å². The molecule has 0 radical (unpaired) electrons. The number of morpholine rings is 1. The van der Waals surface area contributed by atoms with Crippen LogP contribution in [0.1, 0.15) is 92.3 Å². The number of likely N-dealkylation sites (tertiary alicyclic amines) is 2. The van der Waals surface area contributed by atoms with E-state index in [4.69, 9.17) is 14.5 Å². The Morgan fingerprint density at radius 3 is 2.21 bits per heavy atom. The van der Waals surface area contributed by atoms with Crippen LogP contribution < -0.4 is 15.5 Å². The second kappa shape index (κ2) is 26.9. The van der Waals surface area contributed by atoms with Crippen molar-refractivity contribution in [2.75, 3.05) is 71.4 Å². The van der Waals surface area contributed by atoms with Gasteiger partial charge in [-0.25, -0.2) is 4.79 Å². The Bertz CT molecular complexity index is 2400. The molecule has 1 aromatic heterocycles. The Balaban J connectivity index is 0.000000199. The maximum Gasteiger partial charge on any atom is 0.339 e. The Labute approximate surface area is 420 Å². The van der Waals surface area contributed by atoms with Crippen LogP contribution in [-0.4, -0.2) is 138 Å². The molecule has 0 bridgehead atoms. The number of rotatable bonds is 11. The molecule has 386 valence electrons. The number of carbonyl (C=O) groups excluding carboxylic acids is 6. The normalized spacial score (nSPS) is 19.2. The van der Waals surface area contributed by atoms with Gasteiger partial charge in [0.05, 0.1) is 24.6 Å². The van der Waals surface area contributed by atoms with Crippen molar-refractivity contribution in [2.24, 2.45) is 11.8 Å². The molecule has 0 spiro atoms. The van der Waals surface area contributed by atoms with Crippen molar-refractivity contribution in [2.45, 2.75) is 84.2 Å². The molecule has 4 aliphatic rings. The summed E-state index contributed by atoms with van der Waals surface area (Å²) in [6, 6.07) is 22.0. The maximum atomic E-state index is 13.7. The van der Waals surface area contributed by atoms with Gasteiger partial charge in [0.2, 0.25) is 32.5 Å². The number of ether oxygens (including phenoxy) is 1. The topological polar surface area (TPSA) is 192 Å². The third kappa shape index (κ3) is 16.6. The molecule has 4 fully saturated rings. The van der Waals surface area contributed by atoms with E-state index in [2.05, 4.69) is 43.2 Å². The lowest BCUT2D eigenvalue weighted by Crippen LogP contribution is -2.56. The molecule has 3 atom stereocenters. The van der Waals surface area contributed by atoms with Crippen LogP contribution in [0, 0.1) is 11.8 Å². The predicted octanol–water partition coefficient (Wildman–Crippen LogP) is 7.30. The summed E-state index contributed by atoms with van der Waals surface area (Å²) < 4.78 is 33.7. The number of piperidine rings is 1. The number of thiophene rings is 1. The lowest BCUT2D eigenvalue weighted by molar-refractivity contribution is -0.134. The summed E-state index contributed by atoms with van der Waals surface area (Å²) in [6.45, 7) is 15.2. The van der Waals surface area contributed by atoms with Gasteiger partial charge in [-0.2, -0.15) is 8.78 Å². The number of nitrogens with zero attached hydrogens (tertiary/aromatic N) is 5. The molecule has 8 rings (SSSR count). The van der Waals surface area contributed by atoms with Gasteiger partial charge in [0, 0.05) is 69.2 Å². The molecule has 0 aliphatic carbocycles. The molecule has 3 unspecified atom stereocenters. The highest BCUT2D eigenvalue weighted by molar-refractivity contribution is 7.46. The number of halogens is 2. The highest BCUT2D eigenvalue weighted by Crippen LogP contribution is 2.53. The minimum Gasteiger partial charge on any atom is -0.370 e. The number of alkyl halides is 2. The molecule has 0 saturated carbocycles. The van der Waals surface area contributed by atoms with E-state index in [0.29, 0.717) is 59.9 Å². The van der Waals surface area contributed by atoms with Gasteiger partial charge in [0.1, 0.15) is 12.1 Å². The number of imide groups is 1. The fourth-order valence-electron chi connectivity index (χ4n) is 8.17. The van der Waals surface area contributed by atoms with Crippen molar-refractivity contribution < 1.29 is 52.1 Å². The Morgan fingerprint density at radius 2 is 1.62 bits per heavy atom. The van der Waals surface area contributed by atoms with E-state index in [-0.39, 0.29) is 36.9 Å². The Morgan fingerprint density at radius 1 is 0.944 bits per heavy atom. The first-order chi connectivity index (χ1) is 33.8. The van der Waals surface area contributed by atoms with E-state index >= 15 is 0 Å². The smallest absolute Gasteiger partial charge is 0.339 e. The van der Waals surface area contributed by atoms with Gasteiger partial charge in [-0.1, -0.05) is 76.2 Å². The first kappa shape index (κ1) is 56.5. The van der Waals surface area contributed by atoms with Gasteiger partial charge in [-0.05, 0) is 90.9 Å². The minimum atomic E-state index is -3.74. The first-order valence-corrected chi connectivity index (χ1v) is 26.0. The second-order valence-corrected chi connectivity index (χ2v) is 21.1. The standard InChI is InChI=1S/C20H28N4O3.C16H17F2N2O4PS.C11H13NO2.C4H10/c1-14-10-11-23(12-14)13-15-4-6-16(7-5-15)24(20(27)22(2)3)17-8-9-18(25)21-19(17)26;17-16(18,25(23)24)11-3-4-12-10(7-11)8-13(26-12)15(22)19-9-14(21)20-5-1-2-6-20;13-9-12-6-7-14-11(8-12)10-4-2-1-3-5-10;1-4(2)3/h4-7,14,17H,8-13H2,1-3H3,(H,21,25,26);3-4,7-8,23-24H,1-2,5-6,9H2,(H,19,22);1-5,9,11H,6-8H2;4H,1-3H3. The summed E-state index contributed by atoms with van der Waals surface area (Å²) in [5.74, 6) is 0.280. The number of urea groups is 1. The van der Waals surface area contributed by atoms with Crippen LogP contribution in [0.4, 0.5) is 19.3 Å². The van der Waals surface area contributed by atoms with Gasteiger partial charge >= 0.3 is 11.7 Å². The fourth-order valence-corrected chi connectivity index (χ4v) is 9.50. The second-order valence-electron chi connectivity index (χ2n) is 18.9. The average molecular weight is 1020 g/mol. The Kier molecular flexibility index (Phi) is 21.4. The number of anilines is 1. The lowest BCUT2D eigenvalue weighted by atomic mass is 10.0. The number of hydrogen-bond donors (Lipinski definition) is 4. The number of carbonyl (C=O) groups is 6. The van der Waals surface area contributed by atoms with Gasteiger partial charge in [0.25, 0.3) is 5.91 Å². The molecule has 16 nitrogen and oxygen atoms in total. The predicted molar refractivity (Wildman–Crippen MR) is 272 cm³/mol. The van der Waals surface area contributed by atoms with Crippen LogP contribution in [0.25, 0.3) is 10.1 Å². The van der Waals surface area contributed by atoms with Gasteiger partial charge in [-0.15, -0.1) is 11.3 Å². The van der Waals surface area contributed by atoms with Crippen LogP contribution >= 0.6 is 19.7 Å². The van der Waals surface area contributed by atoms with Gasteiger partial charge < -0.3 is 34.5 Å². The number of amides is 7. The molecule has 4 N–H and O–H groups in total. The van der Waals surface area contributed by atoms with E-state index in [9.17, 15) is 37.5 Å². The quantitative estimate of drug-likeness (QED) is 0.0674. The number of benzene rings is 3. The highest BCUT2D eigenvalue weighted by atomic mass is 32.1. The molecular weight excluding hydrogens is 956 g/mol. The molecule has 4 aliphatic heterocycles. The summed E-state index contributed by atoms with van der Waals surface area (Å²) in [5.41, 5.74) is -1.26. The number of hydrogen-bond acceptors (Lipinski definition) is 11. The average Bonchev–Trinajstić information content (AvgIpc) is 4.14. The Hall–Kier alpha value is -5.43. The molecule has 4 saturated heterocycles. The zero-order valence-electron chi connectivity index (χ0n) is 41.4. The van der Waals surface area contributed by atoms with Crippen molar-refractivity contribution in [1.82, 2.24) is 30.2 Å². The SMILES string of the molecule is CC(C)C.CC1CCN(Cc2ccc(N(C(=O)N(C)C)C3CCC(=O)NC3=O)cc2)C1.O=C(NCC(=O)N1CCCC1)c1cc2cc(C(F)(F)P(O)O)ccc2s1.O=CN1CCOC(c2ccccc2)C1. The van der Waals surface area contributed by atoms with Crippen LogP contribution in [0.15, 0.2) is 78.9 Å². The van der Waals surface area contributed by atoms with Gasteiger partial charge in [0.15, 0.2) is 0 Å². The third-order valence-corrected chi connectivity index (χ3v) is 13.7. The lowest BCUT2D eigenvalue weighted by Gasteiger charge is -2.34. The van der Waals surface area contributed by atoms with Crippen molar-refractivity contribution in [3.8, 4) is 0 Å². The first-order valence-electron chi connectivity index (χ1n) is 23.9. The highest BCUT2D eigenvalue weighted by Gasteiger charge is 2.41. The largest absolute Gasteiger partial charge is 0.370 e. The molecule has 7 amide bonds. The van der Waals surface area contributed by atoms with Crippen LogP contribution in [0.5, 0.6) is 0 Å². The summed E-state index contributed by atoms with van der Waals surface area (Å²) in [5, 5.41) is 5.30. The summed E-state index contributed by atoms with van der Waals surface area (Å²) >= 11 is 1.12. The van der Waals surface area contributed by atoms with Crippen LogP contribution in [-0.2, 0) is 36.1 Å². The van der Waals surface area contributed by atoms with Crippen LogP contribution in [0.2, 0.25) is 0 Å².